The first kappa shape index (κ1) is 10.4. The molecule has 0 amide bonds. The van der Waals surface area contributed by atoms with Crippen LogP contribution < -0.4 is 0 Å². The van der Waals surface area contributed by atoms with Crippen LogP contribution in [-0.2, 0) is 11.2 Å². The fraction of sp³-hybridized carbons (Fsp3) is 0.308. The largest absolute Gasteiger partial charge is 0.298 e. The summed E-state index contributed by atoms with van der Waals surface area (Å²) in [6.45, 7) is 4.15. The topological polar surface area (TPSA) is 17.1 Å². The van der Waals surface area contributed by atoms with E-state index < -0.39 is 0 Å². The Labute approximate surface area is 94.8 Å². The zero-order valence-electron chi connectivity index (χ0n) is 8.93. The third kappa shape index (κ3) is 1.72. The molecule has 0 aliphatic heterocycles. The summed E-state index contributed by atoms with van der Waals surface area (Å²) >= 11 is 6.21. The molecular formula is C13H13ClO. The minimum Gasteiger partial charge on any atom is -0.298 e. The Morgan fingerprint density at radius 1 is 1.27 bits per heavy atom. The summed E-state index contributed by atoms with van der Waals surface area (Å²) in [5.41, 5.74) is 5.53. The van der Waals surface area contributed by atoms with Gasteiger partial charge in [-0.3, -0.25) is 4.79 Å². The molecule has 0 aromatic heterocycles. The van der Waals surface area contributed by atoms with Crippen LogP contribution in [0.15, 0.2) is 17.7 Å². The van der Waals surface area contributed by atoms with Gasteiger partial charge in [0.05, 0.1) is 5.03 Å². The molecule has 0 saturated heterocycles. The second-order valence-corrected chi connectivity index (χ2v) is 4.44. The van der Waals surface area contributed by atoms with Crippen LogP contribution in [0.1, 0.15) is 28.7 Å². The van der Waals surface area contributed by atoms with E-state index in [0.717, 1.165) is 30.3 Å². The van der Waals surface area contributed by atoms with Crippen molar-refractivity contribution < 1.29 is 4.79 Å². The third-order valence-corrected chi connectivity index (χ3v) is 3.37. The molecule has 1 aromatic carbocycles. The first-order valence-corrected chi connectivity index (χ1v) is 5.45. The third-order valence-electron chi connectivity index (χ3n) is 2.92. The Kier molecular flexibility index (Phi) is 2.66. The Morgan fingerprint density at radius 3 is 2.67 bits per heavy atom. The summed E-state index contributed by atoms with van der Waals surface area (Å²) in [5, 5.41) is 0.637. The second-order valence-electron chi connectivity index (χ2n) is 4.07. The highest BCUT2D eigenvalue weighted by atomic mass is 35.5. The van der Waals surface area contributed by atoms with Gasteiger partial charge in [0.2, 0.25) is 0 Å². The number of hydrogen-bond donors (Lipinski definition) is 0. The highest BCUT2D eigenvalue weighted by molar-refractivity contribution is 6.50. The number of aryl methyl sites for hydroxylation is 2. The first-order valence-electron chi connectivity index (χ1n) is 5.08. The fourth-order valence-corrected chi connectivity index (χ4v) is 2.49. The predicted octanol–water partition coefficient (Wildman–Crippen LogP) is 3.40. The van der Waals surface area contributed by atoms with Crippen molar-refractivity contribution in [3.05, 3.63) is 40.0 Å². The molecule has 2 rings (SSSR count). The van der Waals surface area contributed by atoms with Crippen LogP contribution >= 0.6 is 11.6 Å². The molecule has 2 heteroatoms. The Morgan fingerprint density at radius 2 is 2.00 bits per heavy atom. The van der Waals surface area contributed by atoms with Crippen molar-refractivity contribution in [3.8, 4) is 0 Å². The second kappa shape index (κ2) is 3.82. The normalized spacial score (nSPS) is 15.1. The molecule has 1 aromatic rings. The van der Waals surface area contributed by atoms with Gasteiger partial charge >= 0.3 is 0 Å². The standard InChI is InChI=1S/C13H13ClO/c1-8-5-9(2)11-4-3-10(7-15)13(14)12(11)6-8/h5-7H,3-4H2,1-2H3. The predicted molar refractivity (Wildman–Crippen MR) is 63.1 cm³/mol. The van der Waals surface area contributed by atoms with Gasteiger partial charge in [-0.15, -0.1) is 0 Å². The molecule has 0 atom stereocenters. The number of carbonyl (C=O) groups is 1. The zero-order valence-corrected chi connectivity index (χ0v) is 9.69. The van der Waals surface area contributed by atoms with E-state index in [1.807, 2.05) is 6.92 Å². The number of benzene rings is 1. The van der Waals surface area contributed by atoms with E-state index in [-0.39, 0.29) is 0 Å². The summed E-state index contributed by atoms with van der Waals surface area (Å²) in [6, 6.07) is 4.22. The highest BCUT2D eigenvalue weighted by Crippen LogP contribution is 2.35. The number of fused-ring (bicyclic) bond motifs is 1. The van der Waals surface area contributed by atoms with Crippen molar-refractivity contribution in [2.45, 2.75) is 26.7 Å². The molecule has 1 nitrogen and oxygen atoms in total. The van der Waals surface area contributed by atoms with Crippen LogP contribution in [0, 0.1) is 13.8 Å². The van der Waals surface area contributed by atoms with Crippen LogP contribution in [0.4, 0.5) is 0 Å². The lowest BCUT2D eigenvalue weighted by molar-refractivity contribution is -0.105. The lowest BCUT2D eigenvalue weighted by Crippen LogP contribution is -2.05. The number of hydrogen-bond acceptors (Lipinski definition) is 1. The SMILES string of the molecule is Cc1cc(C)c2c(c1)C(Cl)=C(C=O)CC2. The van der Waals surface area contributed by atoms with Crippen molar-refractivity contribution in [3.63, 3.8) is 0 Å². The van der Waals surface area contributed by atoms with E-state index in [1.165, 1.54) is 16.7 Å². The van der Waals surface area contributed by atoms with Crippen LogP contribution in [-0.4, -0.2) is 6.29 Å². The highest BCUT2D eigenvalue weighted by Gasteiger charge is 2.18. The number of allylic oxidation sites excluding steroid dienone is 1. The van der Waals surface area contributed by atoms with Crippen LogP contribution in [0.3, 0.4) is 0 Å². The van der Waals surface area contributed by atoms with E-state index in [1.54, 1.807) is 0 Å². The van der Waals surface area contributed by atoms with Crippen LogP contribution in [0.25, 0.3) is 5.03 Å². The smallest absolute Gasteiger partial charge is 0.147 e. The summed E-state index contributed by atoms with van der Waals surface area (Å²) in [4.78, 5) is 10.8. The molecule has 1 aliphatic rings. The van der Waals surface area contributed by atoms with E-state index in [9.17, 15) is 4.79 Å². The van der Waals surface area contributed by atoms with Crippen molar-refractivity contribution in [1.82, 2.24) is 0 Å². The maximum absolute atomic E-state index is 10.8. The molecule has 0 bridgehead atoms. The summed E-state index contributed by atoms with van der Waals surface area (Å²) in [7, 11) is 0. The summed E-state index contributed by atoms with van der Waals surface area (Å²) < 4.78 is 0. The molecular weight excluding hydrogens is 208 g/mol. The Bertz CT molecular complexity index is 458. The number of carbonyl (C=O) groups excluding carboxylic acids is 1. The Hall–Kier alpha value is -1.08. The monoisotopic (exact) mass is 220 g/mol. The van der Waals surface area contributed by atoms with Gasteiger partial charge in [0.15, 0.2) is 0 Å². The van der Waals surface area contributed by atoms with Gasteiger partial charge in [0.25, 0.3) is 0 Å². The van der Waals surface area contributed by atoms with Crippen molar-refractivity contribution in [1.29, 1.82) is 0 Å². The fourth-order valence-electron chi connectivity index (χ4n) is 2.18. The van der Waals surface area contributed by atoms with Gasteiger partial charge in [-0.2, -0.15) is 0 Å². The van der Waals surface area contributed by atoms with E-state index >= 15 is 0 Å². The number of rotatable bonds is 1. The van der Waals surface area contributed by atoms with Gasteiger partial charge in [0, 0.05) is 5.57 Å². The van der Waals surface area contributed by atoms with E-state index in [2.05, 4.69) is 19.1 Å². The number of halogens is 1. The van der Waals surface area contributed by atoms with Crippen LogP contribution in [0.5, 0.6) is 0 Å². The molecule has 0 heterocycles. The van der Waals surface area contributed by atoms with Crippen molar-refractivity contribution >= 4 is 22.9 Å². The minimum atomic E-state index is 0.637. The minimum absolute atomic E-state index is 0.637. The van der Waals surface area contributed by atoms with Crippen molar-refractivity contribution in [2.75, 3.05) is 0 Å². The lowest BCUT2D eigenvalue weighted by atomic mass is 9.88. The lowest BCUT2D eigenvalue weighted by Gasteiger charge is -2.19. The quantitative estimate of drug-likeness (QED) is 0.663. The average Bonchev–Trinajstić information content (AvgIpc) is 2.19. The zero-order chi connectivity index (χ0) is 11.0. The Balaban J connectivity index is 2.67. The van der Waals surface area contributed by atoms with Gasteiger partial charge < -0.3 is 0 Å². The van der Waals surface area contributed by atoms with E-state index in [0.29, 0.717) is 5.03 Å². The molecule has 0 radical (unpaired) electrons. The molecule has 15 heavy (non-hydrogen) atoms. The van der Waals surface area contributed by atoms with Crippen LogP contribution in [0.2, 0.25) is 0 Å². The molecule has 78 valence electrons. The molecule has 0 saturated carbocycles. The number of aldehydes is 1. The molecule has 0 spiro atoms. The molecule has 0 N–H and O–H groups in total. The van der Waals surface area contributed by atoms with E-state index in [4.69, 9.17) is 11.6 Å². The average molecular weight is 221 g/mol. The van der Waals surface area contributed by atoms with Gasteiger partial charge in [-0.05, 0) is 43.4 Å². The van der Waals surface area contributed by atoms with Gasteiger partial charge in [-0.25, -0.2) is 0 Å². The first-order chi connectivity index (χ1) is 7.13. The molecule has 0 fully saturated rings. The summed E-state index contributed by atoms with van der Waals surface area (Å²) in [6.07, 6.45) is 2.56. The molecule has 0 unspecified atom stereocenters. The maximum Gasteiger partial charge on any atom is 0.147 e. The van der Waals surface area contributed by atoms with Gasteiger partial charge in [-0.1, -0.05) is 29.3 Å². The maximum atomic E-state index is 10.8. The summed E-state index contributed by atoms with van der Waals surface area (Å²) in [5.74, 6) is 0. The molecule has 1 aliphatic carbocycles. The van der Waals surface area contributed by atoms with Crippen molar-refractivity contribution in [2.24, 2.45) is 0 Å². The van der Waals surface area contributed by atoms with Gasteiger partial charge in [0.1, 0.15) is 6.29 Å².